The van der Waals surface area contributed by atoms with Crippen LogP contribution < -0.4 is 0 Å². The van der Waals surface area contributed by atoms with Gasteiger partial charge in [-0.3, -0.25) is 4.79 Å². The first-order valence-electron chi connectivity index (χ1n) is 8.98. The van der Waals surface area contributed by atoms with Gasteiger partial charge in [-0.05, 0) is 36.3 Å². The van der Waals surface area contributed by atoms with Crippen molar-refractivity contribution in [3.63, 3.8) is 0 Å². The van der Waals surface area contributed by atoms with Gasteiger partial charge < -0.3 is 0 Å². The summed E-state index contributed by atoms with van der Waals surface area (Å²) in [6.07, 6.45) is 3.14. The Kier molecular flexibility index (Phi) is 5.79. The molecule has 1 nitrogen and oxygen atoms in total. The highest BCUT2D eigenvalue weighted by atomic mass is 16.1. The van der Waals surface area contributed by atoms with Gasteiger partial charge in [-0.2, -0.15) is 0 Å². The number of rotatable bonds is 7. The summed E-state index contributed by atoms with van der Waals surface area (Å²) in [6, 6.07) is 28.2. The normalized spacial score (nSPS) is 11.9. The van der Waals surface area contributed by atoms with Gasteiger partial charge in [0.1, 0.15) is 0 Å². The number of carbonyl (C=O) groups excluding carboxylic acids is 1. The van der Waals surface area contributed by atoms with Crippen LogP contribution in [0.4, 0.5) is 0 Å². The van der Waals surface area contributed by atoms with Crippen LogP contribution in [0.1, 0.15) is 52.7 Å². The first-order chi connectivity index (χ1) is 12.3. The summed E-state index contributed by atoms with van der Waals surface area (Å²) in [6.45, 7) is 2.27. The van der Waals surface area contributed by atoms with Gasteiger partial charge in [0.15, 0.2) is 5.78 Å². The van der Waals surface area contributed by atoms with E-state index in [4.69, 9.17) is 0 Å². The minimum atomic E-state index is 0.118. The fraction of sp³-hybridized carbons (Fsp3) is 0.208. The molecule has 0 saturated carbocycles. The van der Waals surface area contributed by atoms with Gasteiger partial charge in [-0.15, -0.1) is 0 Å². The van der Waals surface area contributed by atoms with Gasteiger partial charge in [-0.1, -0.05) is 91.9 Å². The molecule has 0 amide bonds. The van der Waals surface area contributed by atoms with E-state index in [1.54, 1.807) is 0 Å². The Hall–Kier alpha value is -2.67. The van der Waals surface area contributed by atoms with E-state index in [1.165, 1.54) is 5.56 Å². The van der Waals surface area contributed by atoms with Crippen molar-refractivity contribution in [3.05, 3.63) is 107 Å². The van der Waals surface area contributed by atoms with Crippen LogP contribution in [-0.4, -0.2) is 5.78 Å². The molecule has 0 N–H and O–H groups in total. The van der Waals surface area contributed by atoms with Crippen molar-refractivity contribution in [1.29, 1.82) is 0 Å². The van der Waals surface area contributed by atoms with Crippen LogP contribution in [0, 0.1) is 0 Å². The minimum absolute atomic E-state index is 0.118. The van der Waals surface area contributed by atoms with Crippen molar-refractivity contribution in [2.75, 3.05) is 0 Å². The topological polar surface area (TPSA) is 17.1 Å². The number of ketones is 1. The average Bonchev–Trinajstić information content (AvgIpc) is 2.69. The van der Waals surface area contributed by atoms with Crippen LogP contribution in [0.15, 0.2) is 84.9 Å². The number of hydrogen-bond donors (Lipinski definition) is 0. The number of benzene rings is 3. The molecule has 1 unspecified atom stereocenters. The highest BCUT2D eigenvalue weighted by Gasteiger charge is 2.13. The van der Waals surface area contributed by atoms with E-state index < -0.39 is 0 Å². The second-order valence-electron chi connectivity index (χ2n) is 6.56. The van der Waals surface area contributed by atoms with Gasteiger partial charge in [0.05, 0.1) is 0 Å². The lowest BCUT2D eigenvalue weighted by atomic mass is 9.91. The van der Waals surface area contributed by atoms with Gasteiger partial charge >= 0.3 is 0 Å². The van der Waals surface area contributed by atoms with E-state index >= 15 is 0 Å². The quantitative estimate of drug-likeness (QED) is 0.483. The summed E-state index contributed by atoms with van der Waals surface area (Å²) in [5.41, 5.74) is 4.13. The molecule has 126 valence electrons. The molecule has 0 radical (unpaired) electrons. The molecule has 3 aromatic carbocycles. The fourth-order valence-electron chi connectivity index (χ4n) is 3.25. The van der Waals surface area contributed by atoms with Crippen LogP contribution in [0.3, 0.4) is 0 Å². The van der Waals surface area contributed by atoms with E-state index in [0.717, 1.165) is 36.0 Å². The molecule has 0 aliphatic carbocycles. The smallest absolute Gasteiger partial charge is 0.193 e. The van der Waals surface area contributed by atoms with E-state index in [-0.39, 0.29) is 5.78 Å². The van der Waals surface area contributed by atoms with E-state index in [9.17, 15) is 4.79 Å². The third-order valence-electron chi connectivity index (χ3n) is 4.75. The number of aryl methyl sites for hydroxylation is 1. The Bertz CT molecular complexity index is 806. The predicted octanol–water partition coefficient (Wildman–Crippen LogP) is 6.04. The fourth-order valence-corrected chi connectivity index (χ4v) is 3.25. The average molecular weight is 328 g/mol. The Morgan fingerprint density at radius 3 is 2.12 bits per heavy atom. The van der Waals surface area contributed by atoms with Crippen molar-refractivity contribution in [2.24, 2.45) is 0 Å². The van der Waals surface area contributed by atoms with E-state index in [0.29, 0.717) is 5.92 Å². The second-order valence-corrected chi connectivity index (χ2v) is 6.56. The maximum absolute atomic E-state index is 12.8. The Morgan fingerprint density at radius 1 is 0.800 bits per heavy atom. The summed E-state index contributed by atoms with van der Waals surface area (Å²) in [5.74, 6) is 0.658. The first-order valence-corrected chi connectivity index (χ1v) is 8.98. The maximum atomic E-state index is 12.8. The highest BCUT2D eigenvalue weighted by molar-refractivity contribution is 6.09. The van der Waals surface area contributed by atoms with Gasteiger partial charge in [0.25, 0.3) is 0 Å². The minimum Gasteiger partial charge on any atom is -0.289 e. The zero-order valence-corrected chi connectivity index (χ0v) is 14.7. The summed E-state index contributed by atoms with van der Waals surface area (Å²) in [4.78, 5) is 12.8. The third kappa shape index (κ3) is 4.45. The Morgan fingerprint density at radius 2 is 1.40 bits per heavy atom. The van der Waals surface area contributed by atoms with Crippen LogP contribution >= 0.6 is 0 Å². The van der Waals surface area contributed by atoms with Crippen LogP contribution in [-0.2, 0) is 6.42 Å². The largest absolute Gasteiger partial charge is 0.289 e. The summed E-state index contributed by atoms with van der Waals surface area (Å²) >= 11 is 0. The van der Waals surface area contributed by atoms with Crippen molar-refractivity contribution in [3.8, 4) is 0 Å². The Labute approximate surface area is 150 Å². The van der Waals surface area contributed by atoms with Crippen LogP contribution in [0.25, 0.3) is 0 Å². The third-order valence-corrected chi connectivity index (χ3v) is 4.75. The van der Waals surface area contributed by atoms with Gasteiger partial charge in [0, 0.05) is 11.1 Å². The molecule has 0 aliphatic rings. The number of carbonyl (C=O) groups is 1. The molecule has 0 aromatic heterocycles. The maximum Gasteiger partial charge on any atom is 0.193 e. The molecular formula is C24H24O. The monoisotopic (exact) mass is 328 g/mol. The molecular weight excluding hydrogens is 304 g/mol. The molecule has 0 saturated heterocycles. The lowest BCUT2D eigenvalue weighted by Crippen LogP contribution is -2.06. The van der Waals surface area contributed by atoms with E-state index in [1.807, 2.05) is 48.5 Å². The van der Waals surface area contributed by atoms with Crippen molar-refractivity contribution < 1.29 is 4.79 Å². The summed E-state index contributed by atoms with van der Waals surface area (Å²) in [5, 5.41) is 0. The van der Waals surface area contributed by atoms with Crippen molar-refractivity contribution in [2.45, 2.75) is 32.1 Å². The zero-order valence-electron chi connectivity index (χ0n) is 14.7. The van der Waals surface area contributed by atoms with Crippen molar-refractivity contribution >= 4 is 5.78 Å². The lowest BCUT2D eigenvalue weighted by molar-refractivity contribution is 0.103. The summed E-state index contributed by atoms with van der Waals surface area (Å²) < 4.78 is 0. The molecule has 0 spiro atoms. The molecule has 3 rings (SSSR count). The van der Waals surface area contributed by atoms with Gasteiger partial charge in [0.2, 0.25) is 0 Å². The molecule has 0 fully saturated rings. The van der Waals surface area contributed by atoms with Crippen LogP contribution in [0.2, 0.25) is 0 Å². The SMILES string of the molecule is CC(CCCc1ccccc1C(=O)c1ccccc1)c1ccccc1. The second kappa shape index (κ2) is 8.43. The predicted molar refractivity (Wildman–Crippen MR) is 104 cm³/mol. The molecule has 0 bridgehead atoms. The van der Waals surface area contributed by atoms with E-state index in [2.05, 4.69) is 43.3 Å². The Balaban J connectivity index is 1.66. The standard InChI is InChI=1S/C24H24O/c1-19(20-12-4-2-5-13-20)11-10-17-21-14-8-9-18-23(21)24(25)22-15-6-3-7-16-22/h2-9,12-16,18-19H,10-11,17H2,1H3. The zero-order chi connectivity index (χ0) is 17.5. The van der Waals surface area contributed by atoms with Crippen LogP contribution in [0.5, 0.6) is 0 Å². The molecule has 0 aliphatic heterocycles. The lowest BCUT2D eigenvalue weighted by Gasteiger charge is -2.13. The summed E-state index contributed by atoms with van der Waals surface area (Å²) in [7, 11) is 0. The highest BCUT2D eigenvalue weighted by Crippen LogP contribution is 2.23. The van der Waals surface area contributed by atoms with Crippen molar-refractivity contribution in [1.82, 2.24) is 0 Å². The number of hydrogen-bond acceptors (Lipinski definition) is 1. The molecule has 0 heterocycles. The molecule has 3 aromatic rings. The molecule has 1 atom stereocenters. The molecule has 25 heavy (non-hydrogen) atoms. The first kappa shape index (κ1) is 17.2. The molecule has 1 heteroatoms. The van der Waals surface area contributed by atoms with Gasteiger partial charge in [-0.25, -0.2) is 0 Å².